The van der Waals surface area contributed by atoms with Crippen LogP contribution in [0.5, 0.6) is 0 Å². The van der Waals surface area contributed by atoms with E-state index in [4.69, 9.17) is 4.74 Å². The van der Waals surface area contributed by atoms with E-state index in [1.54, 1.807) is 0 Å². The minimum absolute atomic E-state index is 0.114. The second-order valence-electron chi connectivity index (χ2n) is 6.05. The lowest BCUT2D eigenvalue weighted by molar-refractivity contribution is -0.157. The lowest BCUT2D eigenvalue weighted by Crippen LogP contribution is -2.40. The quantitative estimate of drug-likeness (QED) is 0.846. The molecule has 0 aromatic heterocycles. The third-order valence-corrected chi connectivity index (χ3v) is 2.84. The maximum atomic E-state index is 11.9. The van der Waals surface area contributed by atoms with Crippen molar-refractivity contribution in [1.29, 1.82) is 0 Å². The van der Waals surface area contributed by atoms with Gasteiger partial charge in [-0.05, 0) is 47.1 Å². The van der Waals surface area contributed by atoms with Gasteiger partial charge in [0.1, 0.15) is 11.6 Å². The number of hydrogen-bond donors (Lipinski definition) is 1. The normalized spacial score (nSPS) is 14.8. The van der Waals surface area contributed by atoms with E-state index in [2.05, 4.69) is 36.5 Å². The number of rotatable bonds is 4. The van der Waals surface area contributed by atoms with Crippen LogP contribution in [-0.4, -0.2) is 17.6 Å². The molecule has 1 aromatic rings. The highest BCUT2D eigenvalue weighted by molar-refractivity contribution is 5.75. The Kier molecular flexibility index (Phi) is 5.12. The molecule has 3 nitrogen and oxygen atoms in total. The Morgan fingerprint density at radius 1 is 1.16 bits per heavy atom. The van der Waals surface area contributed by atoms with Crippen LogP contribution < -0.4 is 5.32 Å². The third kappa shape index (κ3) is 5.43. The predicted molar refractivity (Wildman–Crippen MR) is 78.0 cm³/mol. The van der Waals surface area contributed by atoms with Crippen molar-refractivity contribution in [2.45, 2.75) is 59.2 Å². The summed E-state index contributed by atoms with van der Waals surface area (Å²) < 4.78 is 5.35. The van der Waals surface area contributed by atoms with Crippen LogP contribution in [0.25, 0.3) is 0 Å². The Bertz CT molecular complexity index is 417. The number of benzene rings is 1. The van der Waals surface area contributed by atoms with Crippen molar-refractivity contribution >= 4 is 5.97 Å². The molecule has 0 spiro atoms. The Balaban J connectivity index is 2.59. The Morgan fingerprint density at radius 2 is 1.68 bits per heavy atom. The van der Waals surface area contributed by atoms with Gasteiger partial charge in [-0.1, -0.05) is 29.8 Å². The number of carbonyl (C=O) groups is 1. The van der Waals surface area contributed by atoms with E-state index in [-0.39, 0.29) is 18.1 Å². The highest BCUT2D eigenvalue weighted by Gasteiger charge is 2.22. The zero-order chi connectivity index (χ0) is 14.6. The molecule has 0 amide bonds. The number of nitrogens with one attached hydrogen (secondary N) is 1. The van der Waals surface area contributed by atoms with Crippen LogP contribution in [-0.2, 0) is 9.53 Å². The predicted octanol–water partition coefficient (Wildman–Crippen LogP) is 3.38. The molecule has 106 valence electrons. The van der Waals surface area contributed by atoms with E-state index in [1.165, 1.54) is 11.1 Å². The topological polar surface area (TPSA) is 38.3 Å². The van der Waals surface area contributed by atoms with Gasteiger partial charge in [0.25, 0.3) is 0 Å². The molecule has 3 heteroatoms. The average molecular weight is 263 g/mol. The first kappa shape index (κ1) is 15.7. The highest BCUT2D eigenvalue weighted by Crippen LogP contribution is 2.15. The summed E-state index contributed by atoms with van der Waals surface area (Å²) in [5.74, 6) is -0.216. The van der Waals surface area contributed by atoms with Crippen LogP contribution in [0, 0.1) is 6.92 Å². The molecular weight excluding hydrogens is 238 g/mol. The second kappa shape index (κ2) is 6.20. The summed E-state index contributed by atoms with van der Waals surface area (Å²) in [5, 5.41) is 3.26. The van der Waals surface area contributed by atoms with Crippen molar-refractivity contribution < 1.29 is 9.53 Å². The molecule has 0 saturated carbocycles. The van der Waals surface area contributed by atoms with Gasteiger partial charge in [0.2, 0.25) is 0 Å². The van der Waals surface area contributed by atoms with Gasteiger partial charge < -0.3 is 4.74 Å². The molecule has 0 heterocycles. The van der Waals surface area contributed by atoms with Crippen LogP contribution in [0.15, 0.2) is 24.3 Å². The molecule has 2 atom stereocenters. The van der Waals surface area contributed by atoms with Crippen molar-refractivity contribution in [1.82, 2.24) is 5.32 Å². The number of ether oxygens (including phenoxy) is 1. The van der Waals surface area contributed by atoms with Crippen LogP contribution in [0.4, 0.5) is 0 Å². The zero-order valence-corrected chi connectivity index (χ0v) is 12.8. The molecular formula is C16H25NO2. The van der Waals surface area contributed by atoms with Crippen LogP contribution in [0.2, 0.25) is 0 Å². The van der Waals surface area contributed by atoms with Crippen molar-refractivity contribution in [3.63, 3.8) is 0 Å². The monoisotopic (exact) mass is 263 g/mol. The van der Waals surface area contributed by atoms with Gasteiger partial charge >= 0.3 is 5.97 Å². The van der Waals surface area contributed by atoms with Crippen LogP contribution in [0.1, 0.15) is 51.8 Å². The molecule has 1 aromatic carbocycles. The summed E-state index contributed by atoms with van der Waals surface area (Å²) in [7, 11) is 0. The Labute approximate surface area is 116 Å². The van der Waals surface area contributed by atoms with Gasteiger partial charge in [-0.2, -0.15) is 0 Å². The molecule has 19 heavy (non-hydrogen) atoms. The van der Waals surface area contributed by atoms with Gasteiger partial charge in [-0.15, -0.1) is 0 Å². The molecule has 0 radical (unpaired) electrons. The SMILES string of the molecule is Cc1ccc([C@@H](C)NC(C)C(=O)OC(C)(C)C)cc1. The van der Waals surface area contributed by atoms with E-state index in [0.29, 0.717) is 0 Å². The lowest BCUT2D eigenvalue weighted by Gasteiger charge is -2.24. The molecule has 1 rings (SSSR count). The van der Waals surface area contributed by atoms with E-state index in [1.807, 2.05) is 34.6 Å². The van der Waals surface area contributed by atoms with Gasteiger partial charge in [0, 0.05) is 6.04 Å². The number of aryl methyl sites for hydroxylation is 1. The maximum Gasteiger partial charge on any atom is 0.323 e. The van der Waals surface area contributed by atoms with Crippen LogP contribution in [0.3, 0.4) is 0 Å². The second-order valence-corrected chi connectivity index (χ2v) is 6.05. The molecule has 0 aliphatic rings. The van der Waals surface area contributed by atoms with E-state index < -0.39 is 5.60 Å². The molecule has 0 aliphatic carbocycles. The van der Waals surface area contributed by atoms with Gasteiger partial charge in [-0.3, -0.25) is 10.1 Å². The van der Waals surface area contributed by atoms with Gasteiger partial charge in [-0.25, -0.2) is 0 Å². The fourth-order valence-electron chi connectivity index (χ4n) is 1.78. The third-order valence-electron chi connectivity index (χ3n) is 2.84. The molecule has 0 aliphatic heterocycles. The fourth-order valence-corrected chi connectivity index (χ4v) is 1.78. The summed E-state index contributed by atoms with van der Waals surface area (Å²) >= 11 is 0. The fraction of sp³-hybridized carbons (Fsp3) is 0.562. The molecule has 0 saturated heterocycles. The number of hydrogen-bond acceptors (Lipinski definition) is 3. The van der Waals surface area contributed by atoms with E-state index in [0.717, 1.165) is 0 Å². The summed E-state index contributed by atoms with van der Waals surface area (Å²) in [4.78, 5) is 11.9. The van der Waals surface area contributed by atoms with Gasteiger partial charge in [0.15, 0.2) is 0 Å². The van der Waals surface area contributed by atoms with Crippen molar-refractivity contribution in [3.8, 4) is 0 Å². The number of carbonyl (C=O) groups excluding carboxylic acids is 1. The Hall–Kier alpha value is -1.35. The summed E-state index contributed by atoms with van der Waals surface area (Å²) in [6.45, 7) is 11.6. The van der Waals surface area contributed by atoms with E-state index in [9.17, 15) is 4.79 Å². The first-order valence-electron chi connectivity index (χ1n) is 6.74. The number of esters is 1. The van der Waals surface area contributed by atoms with Crippen molar-refractivity contribution in [2.24, 2.45) is 0 Å². The van der Waals surface area contributed by atoms with E-state index >= 15 is 0 Å². The largest absolute Gasteiger partial charge is 0.459 e. The maximum absolute atomic E-state index is 11.9. The lowest BCUT2D eigenvalue weighted by atomic mass is 10.1. The summed E-state index contributed by atoms with van der Waals surface area (Å²) in [5.41, 5.74) is 1.96. The molecule has 0 bridgehead atoms. The van der Waals surface area contributed by atoms with Gasteiger partial charge in [0.05, 0.1) is 0 Å². The minimum Gasteiger partial charge on any atom is -0.459 e. The molecule has 1 unspecified atom stereocenters. The first-order valence-corrected chi connectivity index (χ1v) is 6.74. The van der Waals surface area contributed by atoms with Crippen molar-refractivity contribution in [2.75, 3.05) is 0 Å². The average Bonchev–Trinajstić information content (AvgIpc) is 2.27. The standard InChI is InChI=1S/C16H25NO2/c1-11-7-9-14(10-8-11)12(2)17-13(3)15(18)19-16(4,5)6/h7-10,12-13,17H,1-6H3/t12-,13?/m1/s1. The summed E-state index contributed by atoms with van der Waals surface area (Å²) in [6, 6.07) is 8.10. The summed E-state index contributed by atoms with van der Waals surface area (Å²) in [6.07, 6.45) is 0. The van der Waals surface area contributed by atoms with Crippen LogP contribution >= 0.6 is 0 Å². The molecule has 1 N–H and O–H groups in total. The molecule has 0 fully saturated rings. The highest BCUT2D eigenvalue weighted by atomic mass is 16.6. The van der Waals surface area contributed by atoms with Crippen molar-refractivity contribution in [3.05, 3.63) is 35.4 Å². The Morgan fingerprint density at radius 3 is 2.16 bits per heavy atom. The minimum atomic E-state index is -0.444. The smallest absolute Gasteiger partial charge is 0.323 e. The first-order chi connectivity index (χ1) is 8.69. The zero-order valence-electron chi connectivity index (χ0n) is 12.8.